The maximum atomic E-state index is 11.8. The number of nitrogens with zero attached hydrogens (tertiary/aromatic N) is 1. The van der Waals surface area contributed by atoms with Crippen molar-refractivity contribution in [3.8, 4) is 0 Å². The molecule has 1 aliphatic carbocycles. The van der Waals surface area contributed by atoms with Gasteiger partial charge in [0.1, 0.15) is 0 Å². The Morgan fingerprint density at radius 3 is 2.65 bits per heavy atom. The smallest absolute Gasteiger partial charge is 0.338 e. The molecule has 3 N–H and O–H groups in total. The lowest BCUT2D eigenvalue weighted by Crippen LogP contribution is -2.30. The van der Waals surface area contributed by atoms with Crippen LogP contribution in [0.15, 0.2) is 18.2 Å². The van der Waals surface area contributed by atoms with Crippen LogP contribution in [0, 0.1) is 0 Å². The van der Waals surface area contributed by atoms with Gasteiger partial charge >= 0.3 is 5.97 Å². The summed E-state index contributed by atoms with van der Waals surface area (Å²) < 4.78 is 4.95. The van der Waals surface area contributed by atoms with Gasteiger partial charge in [-0.25, -0.2) is 4.79 Å². The highest BCUT2D eigenvalue weighted by Crippen LogP contribution is 2.22. The number of esters is 1. The van der Waals surface area contributed by atoms with Crippen molar-refractivity contribution in [1.82, 2.24) is 5.32 Å². The molecule has 1 saturated carbocycles. The molecule has 0 atom stereocenters. The number of hydrogen-bond donors (Lipinski definition) is 2. The summed E-state index contributed by atoms with van der Waals surface area (Å²) >= 11 is 0. The van der Waals surface area contributed by atoms with Gasteiger partial charge in [0.25, 0.3) is 5.91 Å². The number of ether oxygens (including phenoxy) is 1. The van der Waals surface area contributed by atoms with Gasteiger partial charge in [0.15, 0.2) is 6.61 Å². The van der Waals surface area contributed by atoms with E-state index in [1.165, 1.54) is 0 Å². The minimum absolute atomic E-state index is 0.259. The van der Waals surface area contributed by atoms with Crippen molar-refractivity contribution in [3.05, 3.63) is 23.8 Å². The number of carbonyl (C=O) groups excluding carboxylic acids is 2. The van der Waals surface area contributed by atoms with Crippen molar-refractivity contribution in [2.24, 2.45) is 0 Å². The lowest BCUT2D eigenvalue weighted by Gasteiger charge is -2.15. The number of nitrogens with one attached hydrogen (secondary N) is 1. The number of benzene rings is 1. The first-order valence-electron chi connectivity index (χ1n) is 6.50. The van der Waals surface area contributed by atoms with Gasteiger partial charge in [0, 0.05) is 20.1 Å². The second-order valence-electron chi connectivity index (χ2n) is 5.09. The highest BCUT2D eigenvalue weighted by Gasteiger charge is 2.23. The van der Waals surface area contributed by atoms with Crippen LogP contribution in [0.4, 0.5) is 11.4 Å². The lowest BCUT2D eigenvalue weighted by atomic mass is 10.1. The van der Waals surface area contributed by atoms with Crippen molar-refractivity contribution in [2.45, 2.75) is 18.9 Å². The molecule has 0 bridgehead atoms. The van der Waals surface area contributed by atoms with Gasteiger partial charge in [-0.1, -0.05) is 0 Å². The van der Waals surface area contributed by atoms with Crippen LogP contribution in [-0.4, -0.2) is 38.6 Å². The Balaban J connectivity index is 1.91. The van der Waals surface area contributed by atoms with E-state index in [1.807, 2.05) is 19.0 Å². The quantitative estimate of drug-likeness (QED) is 0.613. The van der Waals surface area contributed by atoms with Crippen LogP contribution in [0.3, 0.4) is 0 Å². The predicted octanol–water partition coefficient (Wildman–Crippen LogP) is 0.770. The first-order valence-corrected chi connectivity index (χ1v) is 6.50. The highest BCUT2D eigenvalue weighted by molar-refractivity contribution is 5.93. The fraction of sp³-hybridized carbons (Fsp3) is 0.429. The summed E-state index contributed by atoms with van der Waals surface area (Å²) in [6, 6.07) is 5.19. The predicted molar refractivity (Wildman–Crippen MR) is 76.6 cm³/mol. The van der Waals surface area contributed by atoms with E-state index in [9.17, 15) is 9.59 Å². The summed E-state index contributed by atoms with van der Waals surface area (Å²) in [6.07, 6.45) is 2.00. The molecule has 108 valence electrons. The molecule has 1 aromatic carbocycles. The zero-order chi connectivity index (χ0) is 14.7. The van der Waals surface area contributed by atoms with Gasteiger partial charge in [-0.2, -0.15) is 0 Å². The number of nitrogen functional groups attached to an aromatic ring is 1. The topological polar surface area (TPSA) is 84.7 Å². The third kappa shape index (κ3) is 3.63. The molecule has 1 fully saturated rings. The Bertz CT molecular complexity index is 524. The number of rotatable bonds is 5. The van der Waals surface area contributed by atoms with Gasteiger partial charge in [-0.05, 0) is 31.0 Å². The van der Waals surface area contributed by atoms with E-state index in [-0.39, 0.29) is 18.6 Å². The zero-order valence-electron chi connectivity index (χ0n) is 11.7. The molecule has 6 heteroatoms. The summed E-state index contributed by atoms with van der Waals surface area (Å²) in [5, 5.41) is 2.75. The molecule has 1 aromatic rings. The monoisotopic (exact) mass is 277 g/mol. The van der Waals surface area contributed by atoms with Crippen molar-refractivity contribution in [3.63, 3.8) is 0 Å². The lowest BCUT2D eigenvalue weighted by molar-refractivity contribution is -0.124. The Labute approximate surface area is 117 Å². The number of nitrogens with two attached hydrogens (primary N) is 1. The average molecular weight is 277 g/mol. The van der Waals surface area contributed by atoms with Crippen LogP contribution >= 0.6 is 0 Å². The van der Waals surface area contributed by atoms with Crippen LogP contribution < -0.4 is 16.0 Å². The number of carbonyl (C=O) groups is 2. The van der Waals surface area contributed by atoms with Crippen molar-refractivity contribution in [1.29, 1.82) is 0 Å². The molecule has 2 rings (SSSR count). The van der Waals surface area contributed by atoms with E-state index in [1.54, 1.807) is 18.2 Å². The SMILES string of the molecule is CN(C)c1ccc(C(=O)OCC(=O)NC2CC2)cc1N. The van der Waals surface area contributed by atoms with Crippen LogP contribution in [-0.2, 0) is 9.53 Å². The summed E-state index contributed by atoms with van der Waals surface area (Å²) in [5.41, 5.74) is 7.52. The molecule has 6 nitrogen and oxygen atoms in total. The third-order valence-corrected chi connectivity index (χ3v) is 3.02. The Hall–Kier alpha value is -2.24. The summed E-state index contributed by atoms with van der Waals surface area (Å²) in [7, 11) is 3.73. The molecule has 0 saturated heterocycles. The van der Waals surface area contributed by atoms with E-state index in [4.69, 9.17) is 10.5 Å². The molecule has 0 aromatic heterocycles. The summed E-state index contributed by atoms with van der Waals surface area (Å²) in [5.74, 6) is -0.813. The Morgan fingerprint density at radius 2 is 2.10 bits per heavy atom. The maximum absolute atomic E-state index is 11.8. The first kappa shape index (κ1) is 14.2. The number of amides is 1. The molecular weight excluding hydrogens is 258 g/mol. The van der Waals surface area contributed by atoms with E-state index in [0.717, 1.165) is 18.5 Å². The van der Waals surface area contributed by atoms with Crippen molar-refractivity contribution in [2.75, 3.05) is 31.3 Å². The Kier molecular flexibility index (Phi) is 4.12. The molecule has 0 spiro atoms. The molecule has 0 radical (unpaired) electrons. The van der Waals surface area contributed by atoms with Crippen molar-refractivity contribution >= 4 is 23.3 Å². The fourth-order valence-corrected chi connectivity index (χ4v) is 1.80. The molecule has 20 heavy (non-hydrogen) atoms. The van der Waals surface area contributed by atoms with Crippen LogP contribution in [0.1, 0.15) is 23.2 Å². The third-order valence-electron chi connectivity index (χ3n) is 3.02. The van der Waals surface area contributed by atoms with Crippen molar-refractivity contribution < 1.29 is 14.3 Å². The molecular formula is C14H19N3O3. The summed E-state index contributed by atoms with van der Waals surface area (Å²) in [6.45, 7) is -0.259. The van der Waals surface area contributed by atoms with Crippen LogP contribution in [0.2, 0.25) is 0 Å². The minimum atomic E-state index is -0.548. The fourth-order valence-electron chi connectivity index (χ4n) is 1.80. The van der Waals surface area contributed by atoms with Gasteiger partial charge in [0.05, 0.1) is 16.9 Å². The standard InChI is InChI=1S/C14H19N3O3/c1-17(2)12-6-3-9(7-11(12)15)14(19)20-8-13(18)16-10-4-5-10/h3,6-7,10H,4-5,8,15H2,1-2H3,(H,16,18). The van der Waals surface area contributed by atoms with Crippen LogP contribution in [0.25, 0.3) is 0 Å². The number of hydrogen-bond acceptors (Lipinski definition) is 5. The largest absolute Gasteiger partial charge is 0.452 e. The zero-order valence-corrected chi connectivity index (χ0v) is 11.7. The molecule has 1 aliphatic rings. The molecule has 1 amide bonds. The minimum Gasteiger partial charge on any atom is -0.452 e. The van der Waals surface area contributed by atoms with Gasteiger partial charge in [-0.3, -0.25) is 4.79 Å². The van der Waals surface area contributed by atoms with E-state index >= 15 is 0 Å². The van der Waals surface area contributed by atoms with Crippen LogP contribution in [0.5, 0.6) is 0 Å². The average Bonchev–Trinajstić information content (AvgIpc) is 3.19. The van der Waals surface area contributed by atoms with E-state index < -0.39 is 5.97 Å². The molecule has 0 unspecified atom stereocenters. The van der Waals surface area contributed by atoms with Gasteiger partial charge in [0.2, 0.25) is 0 Å². The maximum Gasteiger partial charge on any atom is 0.338 e. The first-order chi connectivity index (χ1) is 9.47. The van der Waals surface area contributed by atoms with E-state index in [2.05, 4.69) is 5.32 Å². The van der Waals surface area contributed by atoms with E-state index in [0.29, 0.717) is 11.3 Å². The molecule has 0 aliphatic heterocycles. The normalized spacial score (nSPS) is 13.7. The second-order valence-corrected chi connectivity index (χ2v) is 5.09. The molecule has 0 heterocycles. The summed E-state index contributed by atoms with van der Waals surface area (Å²) in [4.78, 5) is 25.1. The second kappa shape index (κ2) is 5.81. The van der Waals surface area contributed by atoms with Gasteiger partial charge in [-0.15, -0.1) is 0 Å². The number of anilines is 2. The van der Waals surface area contributed by atoms with Gasteiger partial charge < -0.3 is 20.7 Å². The highest BCUT2D eigenvalue weighted by atomic mass is 16.5. The Morgan fingerprint density at radius 1 is 1.40 bits per heavy atom.